The fourth-order valence-corrected chi connectivity index (χ4v) is 3.04. The Labute approximate surface area is 146 Å². The molecule has 3 nitrogen and oxygen atoms in total. The van der Waals surface area contributed by atoms with Crippen LogP contribution >= 0.6 is 0 Å². The highest BCUT2D eigenvalue weighted by molar-refractivity contribution is 6.01. The summed E-state index contributed by atoms with van der Waals surface area (Å²) in [6, 6.07) is 29.3. The van der Waals surface area contributed by atoms with E-state index in [-0.39, 0.29) is 5.78 Å². The van der Waals surface area contributed by atoms with Crippen LogP contribution in [0.3, 0.4) is 0 Å². The molecule has 0 saturated heterocycles. The summed E-state index contributed by atoms with van der Waals surface area (Å²) in [5.41, 5.74) is 2.63. The number of para-hydroxylation sites is 2. The van der Waals surface area contributed by atoms with Gasteiger partial charge < -0.3 is 9.88 Å². The maximum absolute atomic E-state index is 13.2. The van der Waals surface area contributed by atoms with Gasteiger partial charge in [0.15, 0.2) is 6.17 Å². The minimum Gasteiger partial charge on any atom is -0.358 e. The molecule has 1 heterocycles. The normalized spacial score (nSPS) is 12.0. The summed E-state index contributed by atoms with van der Waals surface area (Å²) < 4.78 is 2.00. The van der Waals surface area contributed by atoms with Gasteiger partial charge in [0.2, 0.25) is 5.78 Å². The zero-order valence-corrected chi connectivity index (χ0v) is 13.7. The average molecular weight is 326 g/mol. The molecule has 0 radical (unpaired) electrons. The number of anilines is 1. The van der Waals surface area contributed by atoms with Crippen LogP contribution in [0.15, 0.2) is 97.2 Å². The number of carbonyl (C=O) groups is 1. The second kappa shape index (κ2) is 6.65. The molecule has 0 aliphatic carbocycles. The number of carbonyl (C=O) groups excluding carboxylic acids is 1. The standard InChI is InChI=1S/C22H18N2O/c25-21(18-10-3-1-4-11-18)22(23-19-12-5-2-6-13-19)24-16-15-17-9-7-8-14-20(17)24/h1-16,22-23H. The highest BCUT2D eigenvalue weighted by Crippen LogP contribution is 2.24. The third-order valence-electron chi connectivity index (χ3n) is 4.29. The minimum absolute atomic E-state index is 0.0332. The van der Waals surface area contributed by atoms with Gasteiger partial charge in [0.1, 0.15) is 0 Å². The smallest absolute Gasteiger partial charge is 0.205 e. The molecule has 1 unspecified atom stereocenters. The molecule has 0 spiro atoms. The molecule has 1 atom stereocenters. The van der Waals surface area contributed by atoms with Crippen molar-refractivity contribution in [3.05, 3.63) is 103 Å². The Hall–Kier alpha value is -3.33. The van der Waals surface area contributed by atoms with Crippen molar-refractivity contribution in [1.29, 1.82) is 0 Å². The van der Waals surface area contributed by atoms with Crippen LogP contribution in [0.5, 0.6) is 0 Å². The highest BCUT2D eigenvalue weighted by atomic mass is 16.1. The van der Waals surface area contributed by atoms with Crippen molar-refractivity contribution in [3.8, 4) is 0 Å². The number of ketones is 1. The van der Waals surface area contributed by atoms with Crippen molar-refractivity contribution >= 4 is 22.4 Å². The lowest BCUT2D eigenvalue weighted by molar-refractivity contribution is 0.0942. The maximum Gasteiger partial charge on any atom is 0.205 e. The molecule has 0 amide bonds. The van der Waals surface area contributed by atoms with Crippen LogP contribution in [-0.4, -0.2) is 10.4 Å². The van der Waals surface area contributed by atoms with Crippen molar-refractivity contribution in [3.63, 3.8) is 0 Å². The van der Waals surface area contributed by atoms with Crippen LogP contribution in [0.2, 0.25) is 0 Å². The van der Waals surface area contributed by atoms with Crippen molar-refractivity contribution in [2.24, 2.45) is 0 Å². The zero-order chi connectivity index (χ0) is 17.1. The average Bonchev–Trinajstić information content (AvgIpc) is 3.11. The summed E-state index contributed by atoms with van der Waals surface area (Å²) in [7, 11) is 0. The minimum atomic E-state index is -0.510. The molecule has 1 N–H and O–H groups in total. The Bertz CT molecular complexity index is 990. The summed E-state index contributed by atoms with van der Waals surface area (Å²) in [4.78, 5) is 13.2. The van der Waals surface area contributed by atoms with E-state index in [0.29, 0.717) is 5.56 Å². The molecule has 0 aliphatic rings. The van der Waals surface area contributed by atoms with Gasteiger partial charge in [0.05, 0.1) is 5.52 Å². The third kappa shape index (κ3) is 3.04. The molecule has 3 aromatic carbocycles. The van der Waals surface area contributed by atoms with E-state index in [0.717, 1.165) is 16.6 Å². The molecule has 0 saturated carbocycles. The van der Waals surface area contributed by atoms with Gasteiger partial charge >= 0.3 is 0 Å². The zero-order valence-electron chi connectivity index (χ0n) is 13.7. The SMILES string of the molecule is O=C(c1ccccc1)C(Nc1ccccc1)n1ccc2ccccc21. The number of hydrogen-bond acceptors (Lipinski definition) is 2. The van der Waals surface area contributed by atoms with Crippen LogP contribution in [-0.2, 0) is 0 Å². The van der Waals surface area contributed by atoms with Crippen LogP contribution in [0, 0.1) is 0 Å². The summed E-state index contributed by atoms with van der Waals surface area (Å²) in [5, 5.41) is 4.50. The Kier molecular flexibility index (Phi) is 4.05. The third-order valence-corrected chi connectivity index (χ3v) is 4.29. The molecule has 0 fully saturated rings. The van der Waals surface area contributed by atoms with Gasteiger partial charge in [-0.25, -0.2) is 0 Å². The van der Waals surface area contributed by atoms with Crippen molar-refractivity contribution in [1.82, 2.24) is 4.57 Å². The number of Topliss-reactive ketones (excluding diaryl/α,β-unsaturated/α-hetero) is 1. The highest BCUT2D eigenvalue weighted by Gasteiger charge is 2.22. The fraction of sp³-hybridized carbons (Fsp3) is 0.0455. The lowest BCUT2D eigenvalue weighted by Gasteiger charge is -2.22. The van der Waals surface area contributed by atoms with E-state index in [4.69, 9.17) is 0 Å². The van der Waals surface area contributed by atoms with E-state index in [1.165, 1.54) is 0 Å². The van der Waals surface area contributed by atoms with Gasteiger partial charge in [-0.2, -0.15) is 0 Å². The number of fused-ring (bicyclic) bond motifs is 1. The topological polar surface area (TPSA) is 34.0 Å². The van der Waals surface area contributed by atoms with E-state index < -0.39 is 6.17 Å². The molecular formula is C22H18N2O. The molecule has 3 heteroatoms. The number of rotatable bonds is 5. The van der Waals surface area contributed by atoms with Gasteiger partial charge in [-0.15, -0.1) is 0 Å². The largest absolute Gasteiger partial charge is 0.358 e. The lowest BCUT2D eigenvalue weighted by Crippen LogP contribution is -2.26. The summed E-state index contributed by atoms with van der Waals surface area (Å²) in [5.74, 6) is 0.0332. The first-order valence-electron chi connectivity index (χ1n) is 8.29. The number of nitrogens with one attached hydrogen (secondary N) is 1. The Morgan fingerprint density at radius 3 is 2.16 bits per heavy atom. The van der Waals surface area contributed by atoms with E-state index >= 15 is 0 Å². The first kappa shape index (κ1) is 15.2. The summed E-state index contributed by atoms with van der Waals surface area (Å²) in [6.07, 6.45) is 1.45. The predicted molar refractivity (Wildman–Crippen MR) is 102 cm³/mol. The summed E-state index contributed by atoms with van der Waals surface area (Å²) in [6.45, 7) is 0. The molecule has 25 heavy (non-hydrogen) atoms. The Balaban J connectivity index is 1.79. The number of nitrogens with zero attached hydrogens (tertiary/aromatic N) is 1. The molecular weight excluding hydrogens is 308 g/mol. The van der Waals surface area contributed by atoms with Crippen molar-refractivity contribution < 1.29 is 4.79 Å². The van der Waals surface area contributed by atoms with Gasteiger partial charge in [-0.1, -0.05) is 66.7 Å². The van der Waals surface area contributed by atoms with Crippen LogP contribution in [0.25, 0.3) is 10.9 Å². The van der Waals surface area contributed by atoms with Crippen molar-refractivity contribution in [2.45, 2.75) is 6.17 Å². The number of hydrogen-bond donors (Lipinski definition) is 1. The molecule has 0 bridgehead atoms. The van der Waals surface area contributed by atoms with Gasteiger partial charge in [-0.3, -0.25) is 4.79 Å². The van der Waals surface area contributed by atoms with E-state index in [1.54, 1.807) is 0 Å². The molecule has 122 valence electrons. The van der Waals surface area contributed by atoms with Gasteiger partial charge in [0.25, 0.3) is 0 Å². The lowest BCUT2D eigenvalue weighted by atomic mass is 10.1. The van der Waals surface area contributed by atoms with Crippen molar-refractivity contribution in [2.75, 3.05) is 5.32 Å². The van der Waals surface area contributed by atoms with Crippen LogP contribution in [0.1, 0.15) is 16.5 Å². The quantitative estimate of drug-likeness (QED) is 0.516. The fourth-order valence-electron chi connectivity index (χ4n) is 3.04. The number of benzene rings is 3. The Morgan fingerprint density at radius 2 is 1.40 bits per heavy atom. The number of aromatic nitrogens is 1. The van der Waals surface area contributed by atoms with E-state index in [9.17, 15) is 4.79 Å². The van der Waals surface area contributed by atoms with E-state index in [2.05, 4.69) is 11.4 Å². The van der Waals surface area contributed by atoms with Gasteiger partial charge in [-0.05, 0) is 29.7 Å². The van der Waals surface area contributed by atoms with E-state index in [1.807, 2.05) is 95.7 Å². The predicted octanol–water partition coefficient (Wildman–Crippen LogP) is 5.13. The first-order chi connectivity index (χ1) is 12.3. The van der Waals surface area contributed by atoms with Gasteiger partial charge in [0, 0.05) is 17.4 Å². The van der Waals surface area contributed by atoms with Crippen LogP contribution in [0.4, 0.5) is 5.69 Å². The summed E-state index contributed by atoms with van der Waals surface area (Å²) >= 11 is 0. The van der Waals surface area contributed by atoms with Crippen LogP contribution < -0.4 is 5.32 Å². The Morgan fingerprint density at radius 1 is 0.760 bits per heavy atom. The second-order valence-corrected chi connectivity index (χ2v) is 5.92. The molecule has 1 aromatic heterocycles. The monoisotopic (exact) mass is 326 g/mol. The second-order valence-electron chi connectivity index (χ2n) is 5.92. The molecule has 4 rings (SSSR count). The first-order valence-corrected chi connectivity index (χ1v) is 8.29. The molecule has 0 aliphatic heterocycles. The maximum atomic E-state index is 13.2. The molecule has 4 aromatic rings.